The van der Waals surface area contributed by atoms with Gasteiger partial charge in [0.05, 0.1) is 29.8 Å². The molecule has 8 rings (SSSR count). The van der Waals surface area contributed by atoms with Crippen molar-refractivity contribution in [2.45, 2.75) is 56.0 Å². The van der Waals surface area contributed by atoms with E-state index >= 15 is 4.39 Å². The number of alkyl halides is 1. The van der Waals surface area contributed by atoms with Crippen molar-refractivity contribution in [2.75, 3.05) is 37.7 Å². The zero-order valence-electron chi connectivity index (χ0n) is 24.3. The summed E-state index contributed by atoms with van der Waals surface area (Å²) in [4.78, 5) is 17.8. The van der Waals surface area contributed by atoms with Gasteiger partial charge in [-0.2, -0.15) is 9.97 Å². The van der Waals surface area contributed by atoms with Crippen LogP contribution >= 0.6 is 0 Å². The summed E-state index contributed by atoms with van der Waals surface area (Å²) in [5.41, 5.74) is -0.917. The molecule has 2 aromatic carbocycles. The molecule has 232 valence electrons. The third-order valence-corrected chi connectivity index (χ3v) is 9.84. The van der Waals surface area contributed by atoms with E-state index in [2.05, 4.69) is 20.8 Å². The number of aromatic nitrogens is 3. The second-order valence-corrected chi connectivity index (χ2v) is 12.4. The van der Waals surface area contributed by atoms with Crippen LogP contribution < -0.4 is 14.4 Å². The number of anilines is 1. The Labute approximate surface area is 256 Å². The lowest BCUT2D eigenvalue weighted by molar-refractivity contribution is 0.0631. The van der Waals surface area contributed by atoms with E-state index in [0.29, 0.717) is 43.6 Å². The van der Waals surface area contributed by atoms with E-state index in [1.54, 1.807) is 0 Å². The van der Waals surface area contributed by atoms with Gasteiger partial charge in [-0.3, -0.25) is 4.90 Å². The predicted octanol–water partition coefficient (Wildman–Crippen LogP) is 4.49. The van der Waals surface area contributed by atoms with Crippen LogP contribution in [0.15, 0.2) is 24.3 Å². The number of terminal acetylenes is 1. The summed E-state index contributed by atoms with van der Waals surface area (Å²) in [7, 11) is 0. The maximum atomic E-state index is 16.9. The summed E-state index contributed by atoms with van der Waals surface area (Å²) in [5, 5.41) is 22.0. The number of aliphatic hydroxyl groups is 1. The van der Waals surface area contributed by atoms with Crippen LogP contribution in [0.4, 0.5) is 19.0 Å². The lowest BCUT2D eigenvalue weighted by atomic mass is 9.87. The first kappa shape index (κ1) is 28.2. The van der Waals surface area contributed by atoms with Crippen molar-refractivity contribution in [3.05, 3.63) is 41.5 Å². The minimum absolute atomic E-state index is 0.0473. The van der Waals surface area contributed by atoms with Crippen molar-refractivity contribution in [1.82, 2.24) is 19.9 Å². The van der Waals surface area contributed by atoms with Crippen LogP contribution in [0.5, 0.6) is 17.6 Å². The molecule has 3 aliphatic heterocycles. The Hall–Kier alpha value is -4.34. The molecule has 12 heteroatoms. The van der Waals surface area contributed by atoms with Crippen LogP contribution in [0.2, 0.25) is 0 Å². The van der Waals surface area contributed by atoms with Crippen molar-refractivity contribution in [2.24, 2.45) is 0 Å². The van der Waals surface area contributed by atoms with Gasteiger partial charge in [-0.25, -0.2) is 18.2 Å². The normalized spacial score (nSPS) is 25.9. The number of pyridine rings is 1. The summed E-state index contributed by atoms with van der Waals surface area (Å²) in [6.07, 6.45) is 7.50. The standard InChI is InChI=1S/C33H30F3N5O4/c1-2-20-22(35)5-4-17-12-19(42)13-21(25(17)20)28-27(36)29-26-30(41(23-6-7-24(23)43)10-11-44-31(26)37-28)39-32(38-29)45-16-33-8-3-9-40(33)15-18(34)14-33/h1,4-5,12-13,18,23-24,42-43H,3,6-11,14-16H2/t18-,23+,24-,33+/m1/s1. The number of nitrogens with zero attached hydrogens (tertiary/aromatic N) is 5. The number of benzene rings is 2. The van der Waals surface area contributed by atoms with Gasteiger partial charge in [0.15, 0.2) is 5.82 Å². The fourth-order valence-corrected chi connectivity index (χ4v) is 7.56. The third kappa shape index (κ3) is 4.35. The molecule has 0 radical (unpaired) electrons. The highest BCUT2D eigenvalue weighted by Crippen LogP contribution is 2.45. The molecule has 4 aromatic rings. The van der Waals surface area contributed by atoms with Gasteiger partial charge in [0.1, 0.15) is 53.4 Å². The maximum absolute atomic E-state index is 16.9. The molecule has 0 bridgehead atoms. The Morgan fingerprint density at radius 3 is 2.78 bits per heavy atom. The molecule has 4 aliphatic rings. The fraction of sp³-hybridized carbons (Fsp3) is 0.424. The van der Waals surface area contributed by atoms with Gasteiger partial charge >= 0.3 is 6.01 Å². The van der Waals surface area contributed by atoms with E-state index in [9.17, 15) is 19.0 Å². The first-order valence-electron chi connectivity index (χ1n) is 15.2. The van der Waals surface area contributed by atoms with E-state index < -0.39 is 29.4 Å². The SMILES string of the molecule is C#Cc1c(F)ccc2cc(O)cc(-c3nc4c5c(nc(OC[C@@]67CCCN6C[C@H](F)C7)nc5c3F)N([C@H]3CC[C@H]3O)CCO4)c12. The van der Waals surface area contributed by atoms with Gasteiger partial charge in [-0.1, -0.05) is 12.0 Å². The largest absolute Gasteiger partial charge is 0.508 e. The molecule has 1 saturated carbocycles. The highest BCUT2D eigenvalue weighted by Gasteiger charge is 2.49. The average Bonchev–Trinajstić information content (AvgIpc) is 3.48. The summed E-state index contributed by atoms with van der Waals surface area (Å²) in [5.74, 6) is 0.972. The summed E-state index contributed by atoms with van der Waals surface area (Å²) in [6, 6.07) is 4.96. The Morgan fingerprint density at radius 2 is 2.00 bits per heavy atom. The number of halogens is 3. The number of phenolic OH excluding ortho intramolecular Hbond substituents is 1. The molecule has 9 nitrogen and oxygen atoms in total. The molecular weight excluding hydrogens is 587 g/mol. The topological polar surface area (TPSA) is 104 Å². The summed E-state index contributed by atoms with van der Waals surface area (Å²) >= 11 is 0. The van der Waals surface area contributed by atoms with Gasteiger partial charge in [0.2, 0.25) is 5.88 Å². The zero-order chi connectivity index (χ0) is 31.0. The first-order chi connectivity index (χ1) is 21.8. The number of hydrogen-bond acceptors (Lipinski definition) is 9. The van der Waals surface area contributed by atoms with Crippen molar-refractivity contribution in [1.29, 1.82) is 0 Å². The maximum Gasteiger partial charge on any atom is 0.319 e. The second-order valence-electron chi connectivity index (χ2n) is 12.4. The highest BCUT2D eigenvalue weighted by molar-refractivity contribution is 6.04. The first-order valence-corrected chi connectivity index (χ1v) is 15.2. The van der Waals surface area contributed by atoms with Crippen molar-refractivity contribution < 1.29 is 32.9 Å². The highest BCUT2D eigenvalue weighted by atomic mass is 19.1. The van der Waals surface area contributed by atoms with Gasteiger partial charge in [-0.05, 0) is 55.8 Å². The Balaban J connectivity index is 1.33. The van der Waals surface area contributed by atoms with Crippen LogP contribution in [0.3, 0.4) is 0 Å². The van der Waals surface area contributed by atoms with E-state index in [4.69, 9.17) is 20.9 Å². The number of fused-ring (bicyclic) bond motifs is 2. The second kappa shape index (κ2) is 10.4. The molecule has 1 aliphatic carbocycles. The smallest absolute Gasteiger partial charge is 0.319 e. The third-order valence-electron chi connectivity index (χ3n) is 9.84. The Morgan fingerprint density at radius 1 is 1.13 bits per heavy atom. The molecule has 4 atom stereocenters. The quantitative estimate of drug-likeness (QED) is 0.314. The minimum Gasteiger partial charge on any atom is -0.508 e. The molecule has 0 unspecified atom stereocenters. The zero-order valence-corrected chi connectivity index (χ0v) is 24.3. The summed E-state index contributed by atoms with van der Waals surface area (Å²) in [6.45, 7) is 1.76. The van der Waals surface area contributed by atoms with Gasteiger partial charge in [-0.15, -0.1) is 6.42 Å². The number of ether oxygens (including phenoxy) is 2. The van der Waals surface area contributed by atoms with Gasteiger partial charge < -0.3 is 24.6 Å². The van der Waals surface area contributed by atoms with Gasteiger partial charge in [0.25, 0.3) is 0 Å². The van der Waals surface area contributed by atoms with Crippen LogP contribution in [-0.4, -0.2) is 86.8 Å². The van der Waals surface area contributed by atoms with E-state index in [-0.39, 0.29) is 70.0 Å². The number of aromatic hydroxyl groups is 1. The van der Waals surface area contributed by atoms with Crippen LogP contribution in [0.25, 0.3) is 32.9 Å². The lowest BCUT2D eigenvalue weighted by Crippen LogP contribution is -2.52. The van der Waals surface area contributed by atoms with Crippen LogP contribution in [0.1, 0.15) is 37.7 Å². The molecular formula is C33H30F3N5O4. The molecule has 2 N–H and O–H groups in total. The van der Waals surface area contributed by atoms with Crippen molar-refractivity contribution >= 4 is 27.5 Å². The van der Waals surface area contributed by atoms with E-state index in [1.807, 2.05) is 4.90 Å². The predicted molar refractivity (Wildman–Crippen MR) is 160 cm³/mol. The minimum atomic E-state index is -0.952. The van der Waals surface area contributed by atoms with Crippen LogP contribution in [0, 0.1) is 24.0 Å². The molecule has 0 amide bonds. The van der Waals surface area contributed by atoms with E-state index in [0.717, 1.165) is 19.4 Å². The molecule has 0 spiro atoms. The van der Waals surface area contributed by atoms with E-state index in [1.165, 1.54) is 24.3 Å². The molecule has 2 aromatic heterocycles. The van der Waals surface area contributed by atoms with Crippen molar-refractivity contribution in [3.63, 3.8) is 0 Å². The fourth-order valence-electron chi connectivity index (χ4n) is 7.56. The Kier molecular flexibility index (Phi) is 6.48. The average molecular weight is 618 g/mol. The van der Waals surface area contributed by atoms with Crippen molar-refractivity contribution in [3.8, 4) is 41.2 Å². The van der Waals surface area contributed by atoms with Gasteiger partial charge in [0, 0.05) is 23.9 Å². The van der Waals surface area contributed by atoms with Crippen LogP contribution in [-0.2, 0) is 0 Å². The number of rotatable bonds is 5. The molecule has 45 heavy (non-hydrogen) atoms. The number of hydrogen-bond donors (Lipinski definition) is 2. The Bertz CT molecular complexity index is 1920. The summed E-state index contributed by atoms with van der Waals surface area (Å²) < 4.78 is 58.4. The number of aliphatic hydroxyl groups excluding tert-OH is 1. The molecule has 2 saturated heterocycles. The number of phenols is 1. The molecule has 5 heterocycles. The molecule has 3 fully saturated rings. The lowest BCUT2D eigenvalue weighted by Gasteiger charge is -2.41. The monoisotopic (exact) mass is 617 g/mol.